The van der Waals surface area contributed by atoms with Crippen LogP contribution in [-0.2, 0) is 26.4 Å². The lowest BCUT2D eigenvalue weighted by Crippen LogP contribution is -2.25. The fraction of sp³-hybridized carbons (Fsp3) is 0.256. The van der Waals surface area contributed by atoms with Crippen molar-refractivity contribution in [3.63, 3.8) is 0 Å². The van der Waals surface area contributed by atoms with E-state index in [0.717, 1.165) is 27.6 Å². The van der Waals surface area contributed by atoms with Crippen LogP contribution in [0.1, 0.15) is 32.6 Å². The van der Waals surface area contributed by atoms with Gasteiger partial charge in [0.15, 0.2) is 11.5 Å². The predicted molar refractivity (Wildman–Crippen MR) is 209 cm³/mol. The quantitative estimate of drug-likeness (QED) is 0.0635. The molecule has 0 bridgehead atoms. The number of nitrogens with one attached hydrogen (secondary N) is 3. The molecule has 6 aromatic rings. The van der Waals surface area contributed by atoms with Crippen LogP contribution in [0, 0.1) is 0 Å². The summed E-state index contributed by atoms with van der Waals surface area (Å²) < 4.78 is 21.7. The molecule has 1 aromatic heterocycles. The molecule has 11 heteroatoms. The number of benzene rings is 5. The van der Waals surface area contributed by atoms with E-state index >= 15 is 4.79 Å². The minimum atomic E-state index is -0.232. The molecule has 0 aliphatic heterocycles. The number of rotatable bonds is 20. The summed E-state index contributed by atoms with van der Waals surface area (Å²) in [6, 6.07) is 35.3. The van der Waals surface area contributed by atoms with Gasteiger partial charge in [-0.05, 0) is 28.8 Å². The van der Waals surface area contributed by atoms with Crippen LogP contribution >= 0.6 is 0 Å². The zero-order chi connectivity index (χ0) is 37.1. The van der Waals surface area contributed by atoms with Crippen LogP contribution in [0.15, 0.2) is 109 Å². The van der Waals surface area contributed by atoms with E-state index in [1.54, 1.807) is 0 Å². The van der Waals surface area contributed by atoms with Gasteiger partial charge in [-0.15, -0.1) is 0 Å². The highest BCUT2D eigenvalue weighted by Gasteiger charge is 2.38. The molecular weight excluding hydrogens is 683 g/mol. The number of aromatic nitrogens is 2. The number of fused-ring (bicyclic) bond motifs is 2. The largest absolute Gasteiger partial charge is 0.488 e. The highest BCUT2D eigenvalue weighted by molar-refractivity contribution is 6.29. The van der Waals surface area contributed by atoms with E-state index < -0.39 is 0 Å². The smallest absolute Gasteiger partial charge is 0.200 e. The summed E-state index contributed by atoms with van der Waals surface area (Å²) in [6.07, 6.45) is 0. The van der Waals surface area contributed by atoms with Gasteiger partial charge in [-0.2, -0.15) is 5.10 Å². The molecule has 5 N–H and O–H groups in total. The first kappa shape index (κ1) is 36.6. The second-order valence-corrected chi connectivity index (χ2v) is 12.9. The Kier molecular flexibility index (Phi) is 12.1. The van der Waals surface area contributed by atoms with Crippen molar-refractivity contribution in [2.45, 2.75) is 26.4 Å². The molecule has 0 saturated heterocycles. The molecule has 0 spiro atoms. The Hall–Kier alpha value is -5.72. The minimum absolute atomic E-state index is 0.0296. The lowest BCUT2D eigenvalue weighted by molar-refractivity contribution is 0.103. The van der Waals surface area contributed by atoms with Crippen LogP contribution in [-0.4, -0.2) is 71.7 Å². The first-order valence-corrected chi connectivity index (χ1v) is 18.3. The molecule has 0 unspecified atom stereocenters. The van der Waals surface area contributed by atoms with Gasteiger partial charge in [0.05, 0.1) is 42.0 Å². The molecule has 11 nitrogen and oxygen atoms in total. The van der Waals surface area contributed by atoms with Crippen molar-refractivity contribution in [3.05, 3.63) is 137 Å². The summed E-state index contributed by atoms with van der Waals surface area (Å²) in [5, 5.41) is 34.4. The summed E-state index contributed by atoms with van der Waals surface area (Å²) in [5.74, 6) is 0.930. The van der Waals surface area contributed by atoms with Gasteiger partial charge >= 0.3 is 0 Å². The highest BCUT2D eigenvalue weighted by atomic mass is 16.5. The van der Waals surface area contributed by atoms with Crippen molar-refractivity contribution in [2.75, 3.05) is 51.3 Å². The van der Waals surface area contributed by atoms with Crippen molar-refractivity contribution >= 4 is 22.4 Å². The average Bonchev–Trinajstić information content (AvgIpc) is 3.58. The van der Waals surface area contributed by atoms with Gasteiger partial charge in [0.2, 0.25) is 5.78 Å². The standard InChI is InChI=1S/C43H45N5O6/c49-24-21-44-18-19-46-33-16-17-34-38-37(33)42(51)40-39(41(38)47-48(34)23-20-45-22-25-50)35(52-27-30-10-4-1-5-11-30)26-36(53-28-31-12-6-2-7-13-31)43(40)54-29-32-14-8-3-9-15-32/h1-17,26,44-46,49-50H,18-25,27-29H2. The van der Waals surface area contributed by atoms with Crippen LogP contribution in [0.5, 0.6) is 17.2 Å². The maximum atomic E-state index is 15.3. The predicted octanol–water partition coefficient (Wildman–Crippen LogP) is 5.56. The molecule has 278 valence electrons. The van der Waals surface area contributed by atoms with E-state index in [-0.39, 0.29) is 38.8 Å². The van der Waals surface area contributed by atoms with Gasteiger partial charge in [0.1, 0.15) is 31.3 Å². The van der Waals surface area contributed by atoms with E-state index in [1.807, 2.05) is 114 Å². The Morgan fingerprint density at radius 1 is 0.593 bits per heavy atom. The second-order valence-electron chi connectivity index (χ2n) is 12.9. The second kappa shape index (κ2) is 17.9. The Bertz CT molecular complexity index is 2160. The van der Waals surface area contributed by atoms with Gasteiger partial charge in [0.25, 0.3) is 0 Å². The Labute approximate surface area is 314 Å². The third-order valence-electron chi connectivity index (χ3n) is 9.21. The maximum Gasteiger partial charge on any atom is 0.200 e. The zero-order valence-corrected chi connectivity index (χ0v) is 30.1. The number of hydrogen-bond acceptors (Lipinski definition) is 10. The number of hydrogen-bond donors (Lipinski definition) is 5. The van der Waals surface area contributed by atoms with E-state index in [1.165, 1.54) is 0 Å². The average molecular weight is 728 g/mol. The molecule has 0 atom stereocenters. The van der Waals surface area contributed by atoms with Crippen LogP contribution in [0.2, 0.25) is 0 Å². The number of aliphatic hydroxyl groups excluding tert-OH is 2. The van der Waals surface area contributed by atoms with Gasteiger partial charge in [-0.1, -0.05) is 91.0 Å². The fourth-order valence-corrected chi connectivity index (χ4v) is 6.64. The van der Waals surface area contributed by atoms with Gasteiger partial charge in [0, 0.05) is 49.9 Å². The summed E-state index contributed by atoms with van der Waals surface area (Å²) in [4.78, 5) is 15.3. The summed E-state index contributed by atoms with van der Waals surface area (Å²) >= 11 is 0. The van der Waals surface area contributed by atoms with Crippen LogP contribution in [0.4, 0.5) is 5.69 Å². The number of carbonyl (C=O) groups is 1. The molecule has 0 radical (unpaired) electrons. The molecule has 0 fully saturated rings. The van der Waals surface area contributed by atoms with Crippen LogP contribution in [0.3, 0.4) is 0 Å². The van der Waals surface area contributed by atoms with E-state index in [4.69, 9.17) is 19.3 Å². The molecule has 0 saturated carbocycles. The first-order valence-electron chi connectivity index (χ1n) is 18.3. The van der Waals surface area contributed by atoms with Crippen LogP contribution < -0.4 is 30.2 Å². The maximum absolute atomic E-state index is 15.3. The molecule has 1 aliphatic carbocycles. The van der Waals surface area contributed by atoms with Crippen molar-refractivity contribution in [1.29, 1.82) is 0 Å². The number of ether oxygens (including phenoxy) is 3. The van der Waals surface area contributed by atoms with E-state index in [2.05, 4.69) is 16.0 Å². The van der Waals surface area contributed by atoms with Crippen molar-refractivity contribution in [1.82, 2.24) is 20.4 Å². The topological polar surface area (TPSA) is 139 Å². The molecule has 0 amide bonds. The Morgan fingerprint density at radius 2 is 1.17 bits per heavy atom. The number of aliphatic hydroxyl groups is 2. The Balaban J connectivity index is 1.40. The number of carbonyl (C=O) groups excluding carboxylic acids is 1. The monoisotopic (exact) mass is 727 g/mol. The lowest BCUT2D eigenvalue weighted by Gasteiger charge is -2.25. The number of anilines is 1. The SMILES string of the molecule is O=C1c2c(OCc3ccccc3)c(OCc3ccccc3)cc(OCc3ccccc3)c2-c2nn(CCNCCO)c3ccc(NCCNCCO)c1c23. The number of nitrogens with zero attached hydrogens (tertiary/aromatic N) is 2. The molecule has 54 heavy (non-hydrogen) atoms. The molecule has 1 aliphatic rings. The fourth-order valence-electron chi connectivity index (χ4n) is 6.64. The third-order valence-corrected chi connectivity index (χ3v) is 9.21. The van der Waals surface area contributed by atoms with Crippen molar-refractivity contribution < 1.29 is 29.2 Å². The Morgan fingerprint density at radius 3 is 1.78 bits per heavy atom. The minimum Gasteiger partial charge on any atom is -0.488 e. The third kappa shape index (κ3) is 8.24. The molecule has 7 rings (SSSR count). The summed E-state index contributed by atoms with van der Waals surface area (Å²) in [5.41, 5.74) is 6.32. The first-order chi connectivity index (χ1) is 26.7. The van der Waals surface area contributed by atoms with Crippen molar-refractivity contribution in [2.24, 2.45) is 0 Å². The summed E-state index contributed by atoms with van der Waals surface area (Å²) in [7, 11) is 0. The number of ketones is 1. The van der Waals surface area contributed by atoms with Crippen LogP contribution in [0.25, 0.3) is 22.2 Å². The van der Waals surface area contributed by atoms with Gasteiger partial charge in [-0.3, -0.25) is 9.48 Å². The normalized spacial score (nSPS) is 11.8. The summed E-state index contributed by atoms with van der Waals surface area (Å²) in [6.45, 7) is 3.90. The lowest BCUT2D eigenvalue weighted by atomic mass is 9.85. The van der Waals surface area contributed by atoms with Gasteiger partial charge < -0.3 is 40.4 Å². The molecule has 1 heterocycles. The van der Waals surface area contributed by atoms with Crippen molar-refractivity contribution in [3.8, 4) is 28.5 Å². The van der Waals surface area contributed by atoms with E-state index in [9.17, 15) is 10.2 Å². The van der Waals surface area contributed by atoms with E-state index in [0.29, 0.717) is 84.6 Å². The zero-order valence-electron chi connectivity index (χ0n) is 30.1. The molecular formula is C43H45N5O6. The van der Waals surface area contributed by atoms with Gasteiger partial charge in [-0.25, -0.2) is 0 Å². The highest BCUT2D eigenvalue weighted by Crippen LogP contribution is 2.52. The molecule has 5 aromatic carbocycles.